The van der Waals surface area contributed by atoms with E-state index in [-0.39, 0.29) is 12.6 Å². The number of halogens is 2. The summed E-state index contributed by atoms with van der Waals surface area (Å²) >= 11 is 0. The molecule has 0 spiro atoms. The van der Waals surface area contributed by atoms with Crippen LogP contribution in [-0.2, 0) is 16.0 Å². The fourth-order valence-electron chi connectivity index (χ4n) is 2.00. The average Bonchev–Trinajstić information content (AvgIpc) is 2.67. The lowest BCUT2D eigenvalue weighted by atomic mass is 10.1. The average molecular weight is 238 g/mol. The zero-order chi connectivity index (χ0) is 12.4. The summed E-state index contributed by atoms with van der Waals surface area (Å²) in [5.74, 6) is -1.94. The highest BCUT2D eigenvalue weighted by atomic mass is 19.2. The maximum atomic E-state index is 13.4. The molecule has 0 unspecified atom stereocenters. The molecule has 0 bridgehead atoms. The molecule has 1 aliphatic rings. The number of rotatable bonds is 2. The largest absolute Gasteiger partial charge is 0.462 e. The van der Waals surface area contributed by atoms with E-state index in [4.69, 9.17) is 4.74 Å². The second-order valence-electron chi connectivity index (χ2n) is 3.92. The molecule has 0 saturated carbocycles. The van der Waals surface area contributed by atoms with Crippen LogP contribution in [0.25, 0.3) is 5.57 Å². The van der Waals surface area contributed by atoms with Crippen LogP contribution in [0.15, 0.2) is 18.2 Å². The summed E-state index contributed by atoms with van der Waals surface area (Å²) in [7, 11) is 0. The van der Waals surface area contributed by atoms with Gasteiger partial charge in [-0.2, -0.15) is 0 Å². The minimum atomic E-state index is -0.815. The van der Waals surface area contributed by atoms with Gasteiger partial charge in [-0.25, -0.2) is 8.78 Å². The third-order valence-electron chi connectivity index (χ3n) is 2.80. The van der Waals surface area contributed by atoms with Gasteiger partial charge in [0, 0.05) is 6.92 Å². The summed E-state index contributed by atoms with van der Waals surface area (Å²) in [5, 5.41) is 0. The van der Waals surface area contributed by atoms with Crippen LogP contribution in [0.5, 0.6) is 0 Å². The number of allylic oxidation sites excluding steroid dienone is 1. The van der Waals surface area contributed by atoms with Gasteiger partial charge in [0.1, 0.15) is 6.61 Å². The number of ether oxygens (including phenoxy) is 1. The molecule has 17 heavy (non-hydrogen) atoms. The number of esters is 1. The second kappa shape index (κ2) is 4.65. The van der Waals surface area contributed by atoms with Crippen LogP contribution in [0.1, 0.15) is 24.5 Å². The molecule has 0 saturated heterocycles. The highest BCUT2D eigenvalue weighted by molar-refractivity contribution is 5.73. The van der Waals surface area contributed by atoms with E-state index in [1.165, 1.54) is 6.92 Å². The van der Waals surface area contributed by atoms with Crippen molar-refractivity contribution in [3.05, 3.63) is 41.0 Å². The molecule has 1 aromatic carbocycles. The maximum Gasteiger partial charge on any atom is 0.302 e. The van der Waals surface area contributed by atoms with Gasteiger partial charge < -0.3 is 4.74 Å². The van der Waals surface area contributed by atoms with Gasteiger partial charge in [0.25, 0.3) is 0 Å². The van der Waals surface area contributed by atoms with Crippen molar-refractivity contribution in [2.24, 2.45) is 0 Å². The molecule has 2 rings (SSSR count). The Labute approximate surface area is 97.9 Å². The molecule has 0 aromatic heterocycles. The Bertz CT molecular complexity index is 492. The maximum absolute atomic E-state index is 13.4. The normalized spacial score (nSPS) is 16.1. The smallest absolute Gasteiger partial charge is 0.302 e. The van der Waals surface area contributed by atoms with E-state index in [0.29, 0.717) is 18.4 Å². The highest BCUT2D eigenvalue weighted by Gasteiger charge is 2.21. The molecule has 0 heterocycles. The number of fused-ring (bicyclic) bond motifs is 1. The summed E-state index contributed by atoms with van der Waals surface area (Å²) in [6.45, 7) is 1.50. The molecule has 90 valence electrons. The van der Waals surface area contributed by atoms with E-state index in [1.807, 2.05) is 0 Å². The summed E-state index contributed by atoms with van der Waals surface area (Å²) in [6.07, 6.45) is 2.88. The van der Waals surface area contributed by atoms with Crippen molar-refractivity contribution in [2.75, 3.05) is 6.61 Å². The van der Waals surface area contributed by atoms with Crippen LogP contribution in [0, 0.1) is 11.6 Å². The van der Waals surface area contributed by atoms with Gasteiger partial charge in [-0.05, 0) is 41.7 Å². The van der Waals surface area contributed by atoms with Gasteiger partial charge in [-0.3, -0.25) is 4.79 Å². The lowest BCUT2D eigenvalue weighted by Crippen LogP contribution is -1.98. The molecule has 1 aromatic rings. The molecule has 4 heteroatoms. The van der Waals surface area contributed by atoms with Crippen LogP contribution in [0.4, 0.5) is 8.78 Å². The van der Waals surface area contributed by atoms with Crippen LogP contribution in [0.2, 0.25) is 0 Å². The molecule has 0 aliphatic heterocycles. The standard InChI is InChI=1S/C13H12F2O2/c1-8(16)17-7-6-9-2-3-11-10(9)4-5-12(14)13(11)15/h4-6H,2-3,7H2,1H3/b9-6-. The summed E-state index contributed by atoms with van der Waals surface area (Å²) in [5.41, 5.74) is 2.04. The van der Waals surface area contributed by atoms with E-state index in [2.05, 4.69) is 0 Å². The van der Waals surface area contributed by atoms with Crippen LogP contribution < -0.4 is 0 Å². The minimum Gasteiger partial charge on any atom is -0.462 e. The third kappa shape index (κ3) is 2.35. The fraction of sp³-hybridized carbons (Fsp3) is 0.308. The third-order valence-corrected chi connectivity index (χ3v) is 2.80. The van der Waals surface area contributed by atoms with Crippen molar-refractivity contribution in [2.45, 2.75) is 19.8 Å². The first kappa shape index (κ1) is 11.8. The first-order chi connectivity index (χ1) is 8.09. The number of carbonyl (C=O) groups excluding carboxylic acids is 1. The van der Waals surface area contributed by atoms with E-state index in [0.717, 1.165) is 17.2 Å². The summed E-state index contributed by atoms with van der Waals surface area (Å²) < 4.78 is 31.2. The zero-order valence-electron chi connectivity index (χ0n) is 9.43. The van der Waals surface area contributed by atoms with Crippen molar-refractivity contribution in [1.82, 2.24) is 0 Å². The van der Waals surface area contributed by atoms with E-state index in [9.17, 15) is 13.6 Å². The Morgan fingerprint density at radius 2 is 2.18 bits per heavy atom. The lowest BCUT2D eigenvalue weighted by Gasteiger charge is -2.03. The SMILES string of the molecule is CC(=O)OC/C=C1/CCc2c1ccc(F)c2F. The molecule has 0 N–H and O–H groups in total. The Morgan fingerprint density at radius 3 is 2.88 bits per heavy atom. The van der Waals surface area contributed by atoms with Crippen molar-refractivity contribution < 1.29 is 18.3 Å². The predicted octanol–water partition coefficient (Wildman–Crippen LogP) is 2.86. The van der Waals surface area contributed by atoms with E-state index >= 15 is 0 Å². The molecular weight excluding hydrogens is 226 g/mol. The quantitative estimate of drug-likeness (QED) is 0.740. The predicted molar refractivity (Wildman–Crippen MR) is 59.3 cm³/mol. The lowest BCUT2D eigenvalue weighted by molar-refractivity contribution is -0.139. The summed E-state index contributed by atoms with van der Waals surface area (Å²) in [6, 6.07) is 2.69. The van der Waals surface area contributed by atoms with Gasteiger partial charge >= 0.3 is 5.97 Å². The van der Waals surface area contributed by atoms with Gasteiger partial charge in [0.05, 0.1) is 0 Å². The molecule has 0 radical (unpaired) electrons. The topological polar surface area (TPSA) is 26.3 Å². The van der Waals surface area contributed by atoms with Crippen LogP contribution in [-0.4, -0.2) is 12.6 Å². The minimum absolute atomic E-state index is 0.170. The van der Waals surface area contributed by atoms with Gasteiger partial charge in [-0.1, -0.05) is 6.07 Å². The number of benzene rings is 1. The second-order valence-corrected chi connectivity index (χ2v) is 3.92. The zero-order valence-corrected chi connectivity index (χ0v) is 9.43. The first-order valence-electron chi connectivity index (χ1n) is 5.39. The Morgan fingerprint density at radius 1 is 1.41 bits per heavy atom. The molecule has 2 nitrogen and oxygen atoms in total. The van der Waals surface area contributed by atoms with Crippen molar-refractivity contribution in [3.8, 4) is 0 Å². The number of carbonyl (C=O) groups is 1. The first-order valence-corrected chi connectivity index (χ1v) is 5.39. The monoisotopic (exact) mass is 238 g/mol. The molecule has 0 amide bonds. The Balaban J connectivity index is 2.23. The van der Waals surface area contributed by atoms with Crippen molar-refractivity contribution >= 4 is 11.5 Å². The van der Waals surface area contributed by atoms with E-state index < -0.39 is 11.6 Å². The van der Waals surface area contributed by atoms with Gasteiger partial charge in [0.15, 0.2) is 11.6 Å². The van der Waals surface area contributed by atoms with Crippen molar-refractivity contribution in [1.29, 1.82) is 0 Å². The fourth-order valence-corrected chi connectivity index (χ4v) is 2.00. The molecular formula is C13H12F2O2. The molecule has 0 atom stereocenters. The van der Waals surface area contributed by atoms with Gasteiger partial charge in [0.2, 0.25) is 0 Å². The van der Waals surface area contributed by atoms with Crippen molar-refractivity contribution in [3.63, 3.8) is 0 Å². The molecule has 0 fully saturated rings. The summed E-state index contributed by atoms with van der Waals surface area (Å²) in [4.78, 5) is 10.6. The Kier molecular flexibility index (Phi) is 3.22. The van der Waals surface area contributed by atoms with Gasteiger partial charge in [-0.15, -0.1) is 0 Å². The molecule has 1 aliphatic carbocycles. The van der Waals surface area contributed by atoms with Crippen LogP contribution >= 0.6 is 0 Å². The highest BCUT2D eigenvalue weighted by Crippen LogP contribution is 2.34. The van der Waals surface area contributed by atoms with Crippen LogP contribution in [0.3, 0.4) is 0 Å². The number of hydrogen-bond donors (Lipinski definition) is 0. The Hall–Kier alpha value is -1.71. The number of hydrogen-bond acceptors (Lipinski definition) is 2. The van der Waals surface area contributed by atoms with E-state index in [1.54, 1.807) is 12.1 Å².